The molecule has 1 spiro atoms. The second kappa shape index (κ2) is 12.4. The van der Waals surface area contributed by atoms with Crippen molar-refractivity contribution in [3.8, 4) is 0 Å². The fourth-order valence-corrected chi connectivity index (χ4v) is 12.8. The average Bonchev–Trinajstić information content (AvgIpc) is 3.68. The van der Waals surface area contributed by atoms with Crippen molar-refractivity contribution in [2.75, 3.05) is 6.61 Å². The van der Waals surface area contributed by atoms with Gasteiger partial charge in [-0.05, 0) is 110 Å². The van der Waals surface area contributed by atoms with Crippen LogP contribution in [0.4, 0.5) is 0 Å². The lowest BCUT2D eigenvalue weighted by Gasteiger charge is -2.58. The molecule has 2 aliphatic heterocycles. The number of hydrogen-bond donors (Lipinski definition) is 0. The van der Waals surface area contributed by atoms with Crippen molar-refractivity contribution in [3.63, 3.8) is 0 Å². The van der Waals surface area contributed by atoms with Gasteiger partial charge in [-0.15, -0.1) is 0 Å². The Hall–Kier alpha value is -1.80. The van der Waals surface area contributed by atoms with Crippen molar-refractivity contribution in [2.45, 2.75) is 110 Å². The van der Waals surface area contributed by atoms with Crippen LogP contribution in [0, 0.1) is 46.3 Å². The summed E-state index contributed by atoms with van der Waals surface area (Å²) in [4.78, 5) is 13.4. The summed E-state index contributed by atoms with van der Waals surface area (Å²) in [6, 6.07) is 16.8. The maximum atomic E-state index is 13.4. The number of nitrogens with zero attached hydrogens (tertiary/aromatic N) is 2. The molecule has 0 amide bonds. The summed E-state index contributed by atoms with van der Waals surface area (Å²) in [6.45, 7) is 11.3. The Labute approximate surface area is 311 Å². The van der Waals surface area contributed by atoms with Crippen LogP contribution >= 0.6 is 15.9 Å². The molecule has 2 aromatic carbocycles. The molecule has 7 heteroatoms. The minimum absolute atomic E-state index is 0. The van der Waals surface area contributed by atoms with Crippen LogP contribution in [0.1, 0.15) is 102 Å². The Morgan fingerprint density at radius 3 is 2.65 bits per heavy atom. The summed E-state index contributed by atoms with van der Waals surface area (Å²) in [7, 11) is 0. The van der Waals surface area contributed by atoms with Gasteiger partial charge in [-0.25, -0.2) is 9.13 Å². The largest absolute Gasteiger partial charge is 1.00 e. The summed E-state index contributed by atoms with van der Waals surface area (Å²) in [6.07, 6.45) is 16.3. The minimum atomic E-state index is -0.330. The predicted octanol–water partition coefficient (Wildman–Crippen LogP) is 6.49. The van der Waals surface area contributed by atoms with Crippen molar-refractivity contribution in [2.24, 2.45) is 46.3 Å². The zero-order valence-corrected chi connectivity index (χ0v) is 32.7. The Morgan fingerprint density at radius 2 is 1.86 bits per heavy atom. The molecular weight excluding hydrogens is 740 g/mol. The first-order valence-electron chi connectivity index (χ1n) is 18.9. The van der Waals surface area contributed by atoms with E-state index < -0.39 is 0 Å². The van der Waals surface area contributed by atoms with Crippen LogP contribution in [0.2, 0.25) is 0 Å². The van der Waals surface area contributed by atoms with Crippen LogP contribution in [0.25, 0.3) is 11.0 Å². The van der Waals surface area contributed by atoms with Gasteiger partial charge in [-0.2, -0.15) is 0 Å². The van der Waals surface area contributed by atoms with E-state index in [1.807, 2.05) is 24.3 Å². The highest BCUT2D eigenvalue weighted by Crippen LogP contribution is 2.71. The Kier molecular flexibility index (Phi) is 8.69. The van der Waals surface area contributed by atoms with Crippen LogP contribution in [0.5, 0.6) is 0 Å². The first kappa shape index (κ1) is 34.3. The number of ketones is 1. The minimum Gasteiger partial charge on any atom is -1.00 e. The average molecular weight is 793 g/mol. The van der Waals surface area contributed by atoms with E-state index in [0.717, 1.165) is 52.8 Å². The van der Waals surface area contributed by atoms with E-state index in [9.17, 15) is 4.79 Å². The van der Waals surface area contributed by atoms with E-state index in [1.54, 1.807) is 5.57 Å². The highest BCUT2D eigenvalue weighted by molar-refractivity contribution is 9.10. The van der Waals surface area contributed by atoms with E-state index >= 15 is 0 Å². The molecular formula is C42H52Br2N2O3. The van der Waals surface area contributed by atoms with Gasteiger partial charge in [0.05, 0.1) is 12.7 Å². The van der Waals surface area contributed by atoms with E-state index in [0.29, 0.717) is 41.9 Å². The molecule has 6 aliphatic rings. The third kappa shape index (κ3) is 5.24. The van der Waals surface area contributed by atoms with E-state index in [-0.39, 0.29) is 34.0 Å². The van der Waals surface area contributed by atoms with Crippen LogP contribution in [-0.2, 0) is 16.0 Å². The number of hydrogen-bond acceptors (Lipinski definition) is 3. The lowest BCUT2D eigenvalue weighted by Crippen LogP contribution is -3.00. The second-order valence-corrected chi connectivity index (χ2v) is 18.2. The van der Waals surface area contributed by atoms with Crippen molar-refractivity contribution in [3.05, 3.63) is 76.5 Å². The molecule has 3 heterocycles. The third-order valence-corrected chi connectivity index (χ3v) is 15.4. The number of carbonyl (C=O) groups is 1. The van der Waals surface area contributed by atoms with Gasteiger partial charge in [0.15, 0.2) is 23.4 Å². The lowest BCUT2D eigenvalue weighted by atomic mass is 9.46. The number of carbonyl (C=O) groups excluding carboxylic acids is 1. The molecule has 0 N–H and O–H groups in total. The second-order valence-electron chi connectivity index (χ2n) is 17.2. The summed E-state index contributed by atoms with van der Waals surface area (Å²) >= 11 is 3.53. The van der Waals surface area contributed by atoms with Crippen molar-refractivity contribution in [1.29, 1.82) is 0 Å². The summed E-state index contributed by atoms with van der Waals surface area (Å²) in [5, 5.41) is 0. The molecule has 4 aliphatic carbocycles. The molecule has 3 saturated carbocycles. The van der Waals surface area contributed by atoms with Gasteiger partial charge in [-0.3, -0.25) is 4.79 Å². The number of allylic oxidation sites excluding steroid dienone is 2. The molecule has 49 heavy (non-hydrogen) atoms. The van der Waals surface area contributed by atoms with Gasteiger partial charge in [0.25, 0.3) is 0 Å². The summed E-state index contributed by atoms with van der Waals surface area (Å²) in [5.74, 6) is 3.82. The van der Waals surface area contributed by atoms with E-state index in [2.05, 4.69) is 89.4 Å². The third-order valence-electron chi connectivity index (χ3n) is 14.9. The van der Waals surface area contributed by atoms with Crippen LogP contribution < -0.4 is 21.5 Å². The number of ether oxygens (including phenoxy) is 2. The summed E-state index contributed by atoms with van der Waals surface area (Å²) < 4.78 is 19.2. The molecule has 0 unspecified atom stereocenters. The van der Waals surface area contributed by atoms with Gasteiger partial charge < -0.3 is 26.5 Å². The van der Waals surface area contributed by atoms with Crippen LogP contribution in [0.15, 0.2) is 71.0 Å². The number of aromatic nitrogens is 2. The van der Waals surface area contributed by atoms with Crippen molar-refractivity contribution >= 4 is 32.7 Å². The first-order valence-corrected chi connectivity index (χ1v) is 19.7. The fraction of sp³-hybridized carbons (Fsp3) is 0.619. The smallest absolute Gasteiger partial charge is 0.245 e. The monoisotopic (exact) mass is 790 g/mol. The maximum Gasteiger partial charge on any atom is 0.245 e. The standard InChI is InChI=1S/C42H52BrN2O3.BrH/c1-26-14-19-42(47-24-26)27(2)39-38(48-42)22-34-32-13-12-29-21-31(15-17-40(29,3)33(32)16-18-41(34,39)4)45-25-44(35-10-5-6-11-36(35)45)23-37(46)28-8-7-9-30(43)20-28;/h5-12,20,25-27,31-34,38-39H,13-19,21-24H2,1-4H3;1H/q+1;/p-1/t26-,27+,31-,32-,33+,34+,38+,39+,40+,41+,42-;/m1./s1. The predicted molar refractivity (Wildman–Crippen MR) is 191 cm³/mol. The zero-order chi connectivity index (χ0) is 33.0. The fourth-order valence-electron chi connectivity index (χ4n) is 12.4. The van der Waals surface area contributed by atoms with Gasteiger partial charge in [-0.1, -0.05) is 79.5 Å². The number of Topliss-reactive ketones (excluding diaryl/α,β-unsaturated/α-hetero) is 1. The summed E-state index contributed by atoms with van der Waals surface area (Å²) in [5.41, 5.74) is 5.45. The van der Waals surface area contributed by atoms with Gasteiger partial charge in [0, 0.05) is 28.8 Å². The van der Waals surface area contributed by atoms with Gasteiger partial charge >= 0.3 is 0 Å². The molecule has 3 aromatic rings. The molecule has 0 bridgehead atoms. The highest BCUT2D eigenvalue weighted by Gasteiger charge is 2.68. The Bertz CT molecular complexity index is 1790. The molecule has 1 aromatic heterocycles. The molecule has 262 valence electrons. The van der Waals surface area contributed by atoms with E-state index in [4.69, 9.17) is 9.47 Å². The first-order chi connectivity index (χ1) is 23.1. The molecule has 2 saturated heterocycles. The normalized spacial score (nSPS) is 41.0. The SMILES string of the molecule is C[C@@H]1CC[C@@]2(OC1)O[C@H]1C[C@H]3[C@@H]4CC=C5C[C@H](n6c[n+](CC(=O)c7cccc(Br)c7)c7ccccc76)CC[C@]5(C)[C@H]4CC[C@]3(C)[C@H]1[C@@H]2C.[Br-]. The number of rotatable bonds is 4. The van der Waals surface area contributed by atoms with Crippen molar-refractivity contribution in [1.82, 2.24) is 4.57 Å². The highest BCUT2D eigenvalue weighted by atomic mass is 79.9. The topological polar surface area (TPSA) is 44.3 Å². The number of halogens is 2. The lowest BCUT2D eigenvalue weighted by molar-refractivity contribution is -0.658. The number of fused-ring (bicyclic) bond motifs is 8. The Morgan fingerprint density at radius 1 is 1.02 bits per heavy atom. The van der Waals surface area contributed by atoms with Gasteiger partial charge in [0.1, 0.15) is 6.04 Å². The molecule has 0 radical (unpaired) electrons. The van der Waals surface area contributed by atoms with Crippen LogP contribution in [0.3, 0.4) is 0 Å². The zero-order valence-electron chi connectivity index (χ0n) is 29.5. The van der Waals surface area contributed by atoms with Gasteiger partial charge in [0.2, 0.25) is 12.1 Å². The number of para-hydroxylation sites is 2. The van der Waals surface area contributed by atoms with Crippen molar-refractivity contribution < 1.29 is 35.8 Å². The molecule has 5 fully saturated rings. The quantitative estimate of drug-likeness (QED) is 0.173. The number of benzene rings is 2. The maximum absolute atomic E-state index is 13.4. The van der Waals surface area contributed by atoms with Crippen LogP contribution in [-0.4, -0.2) is 28.8 Å². The van der Waals surface area contributed by atoms with E-state index in [1.165, 1.54) is 50.5 Å². The molecule has 9 rings (SSSR count). The molecule has 11 atom stereocenters. The Balaban J connectivity index is 0.00000348. The number of imidazole rings is 1. The molecule has 5 nitrogen and oxygen atoms in total.